The minimum absolute atomic E-state index is 0.0786. The van der Waals surface area contributed by atoms with E-state index in [9.17, 15) is 9.59 Å². The molecule has 154 valence electrons. The maximum Gasteiger partial charge on any atom is 0.169 e. The predicted octanol–water partition coefficient (Wildman–Crippen LogP) is 5.79. The lowest BCUT2D eigenvalue weighted by atomic mass is 9.47. The first-order valence-electron chi connectivity index (χ1n) is 11.2. The van der Waals surface area contributed by atoms with Gasteiger partial charge in [-0.3, -0.25) is 9.59 Å². The second-order valence-electron chi connectivity index (χ2n) is 10.2. The summed E-state index contributed by atoms with van der Waals surface area (Å²) in [6, 6.07) is 7.87. The van der Waals surface area contributed by atoms with E-state index in [2.05, 4.69) is 13.8 Å². The van der Waals surface area contributed by atoms with Gasteiger partial charge in [-0.25, -0.2) is 0 Å². The van der Waals surface area contributed by atoms with Crippen LogP contribution in [0.2, 0.25) is 0 Å². The number of allylic oxidation sites excluding steroid dienone is 1. The molecule has 1 aromatic carbocycles. The van der Waals surface area contributed by atoms with Crippen molar-refractivity contribution in [3.63, 3.8) is 0 Å². The molecule has 3 fully saturated rings. The molecule has 4 aliphatic rings. The number of carbonyl (C=O) groups is 2. The van der Waals surface area contributed by atoms with Crippen molar-refractivity contribution in [1.29, 1.82) is 0 Å². The molecule has 3 nitrogen and oxygen atoms in total. The first-order chi connectivity index (χ1) is 13.8. The zero-order valence-corrected chi connectivity index (χ0v) is 18.3. The fraction of sp³-hybridized carbons (Fsp3) is 0.600. The highest BCUT2D eigenvalue weighted by molar-refractivity contribution is 8.04. The third-order valence-corrected chi connectivity index (χ3v) is 10.1. The topological polar surface area (TPSA) is 60.2 Å². The number of thioether (sulfide) groups is 1. The molecule has 0 amide bonds. The molecule has 0 aliphatic heterocycles. The monoisotopic (exact) mass is 409 g/mol. The molecular formula is C25H31NO2S. The van der Waals surface area contributed by atoms with E-state index in [0.717, 1.165) is 60.4 Å². The molecule has 0 spiro atoms. The van der Waals surface area contributed by atoms with Crippen LogP contribution in [-0.2, 0) is 9.59 Å². The summed E-state index contributed by atoms with van der Waals surface area (Å²) in [6.45, 7) is 4.66. The SMILES string of the molecule is CC12CCC3C(CCC4=C(Sc5ccc(N)cc5)C(=O)CCC43C)C1CCC2=O. The third kappa shape index (κ3) is 2.85. The highest BCUT2D eigenvalue weighted by atomic mass is 32.2. The van der Waals surface area contributed by atoms with Crippen LogP contribution in [-0.4, -0.2) is 11.6 Å². The molecule has 4 heteroatoms. The fourth-order valence-electron chi connectivity index (χ4n) is 7.21. The minimum Gasteiger partial charge on any atom is -0.399 e. The van der Waals surface area contributed by atoms with Crippen LogP contribution in [0.5, 0.6) is 0 Å². The van der Waals surface area contributed by atoms with E-state index in [4.69, 9.17) is 5.73 Å². The van der Waals surface area contributed by atoms with Gasteiger partial charge in [0.15, 0.2) is 5.78 Å². The number of rotatable bonds is 2. The number of carbonyl (C=O) groups excluding carboxylic acids is 2. The molecule has 0 aromatic heterocycles. The second kappa shape index (κ2) is 6.73. The zero-order valence-electron chi connectivity index (χ0n) is 17.5. The molecule has 2 N–H and O–H groups in total. The summed E-state index contributed by atoms with van der Waals surface area (Å²) < 4.78 is 0. The van der Waals surface area contributed by atoms with E-state index in [1.165, 1.54) is 5.57 Å². The smallest absolute Gasteiger partial charge is 0.169 e. The van der Waals surface area contributed by atoms with Gasteiger partial charge in [0.05, 0.1) is 4.91 Å². The van der Waals surface area contributed by atoms with Gasteiger partial charge in [-0.15, -0.1) is 0 Å². The maximum absolute atomic E-state index is 13.0. The van der Waals surface area contributed by atoms with Crippen molar-refractivity contribution >= 4 is 29.0 Å². The van der Waals surface area contributed by atoms with E-state index in [-0.39, 0.29) is 10.8 Å². The Morgan fingerprint density at radius 1 is 0.897 bits per heavy atom. The second-order valence-corrected chi connectivity index (χ2v) is 11.2. The van der Waals surface area contributed by atoms with Crippen molar-refractivity contribution in [1.82, 2.24) is 0 Å². The van der Waals surface area contributed by atoms with Gasteiger partial charge < -0.3 is 5.73 Å². The summed E-state index contributed by atoms with van der Waals surface area (Å²) in [5, 5.41) is 0. The van der Waals surface area contributed by atoms with E-state index < -0.39 is 0 Å². The molecule has 0 saturated heterocycles. The maximum atomic E-state index is 13.0. The largest absolute Gasteiger partial charge is 0.399 e. The standard InChI is InChI=1S/C25H31NO2S/c1-24-14-12-21(27)23(29-16-5-3-15(26)4-6-16)20(24)8-7-17-18-9-10-22(28)25(18,2)13-11-19(17)24/h3-6,17-19H,7-14,26H2,1-2H3. The number of hydrogen-bond donors (Lipinski definition) is 1. The van der Waals surface area contributed by atoms with Crippen LogP contribution in [0.15, 0.2) is 39.6 Å². The average molecular weight is 410 g/mol. The molecule has 4 aliphatic carbocycles. The molecule has 5 rings (SSSR count). The summed E-state index contributed by atoms with van der Waals surface area (Å²) in [5.41, 5.74) is 8.03. The average Bonchev–Trinajstić information content (AvgIpc) is 3.01. The van der Waals surface area contributed by atoms with E-state index in [1.807, 2.05) is 24.3 Å². The molecule has 29 heavy (non-hydrogen) atoms. The number of fused-ring (bicyclic) bond motifs is 5. The molecule has 0 bridgehead atoms. The number of benzene rings is 1. The highest BCUT2D eigenvalue weighted by Gasteiger charge is 2.59. The van der Waals surface area contributed by atoms with Gasteiger partial charge >= 0.3 is 0 Å². The van der Waals surface area contributed by atoms with Gasteiger partial charge in [-0.05, 0) is 91.5 Å². The quantitative estimate of drug-likeness (QED) is 0.628. The number of nitrogens with two attached hydrogens (primary N) is 1. The van der Waals surface area contributed by atoms with Crippen LogP contribution in [0.1, 0.15) is 65.2 Å². The molecular weight excluding hydrogens is 378 g/mol. The van der Waals surface area contributed by atoms with Crippen LogP contribution >= 0.6 is 11.8 Å². The number of ketones is 2. The van der Waals surface area contributed by atoms with Gasteiger partial charge in [-0.1, -0.05) is 25.6 Å². The Labute approximate surface area is 177 Å². The van der Waals surface area contributed by atoms with Crippen LogP contribution in [0.3, 0.4) is 0 Å². The van der Waals surface area contributed by atoms with Gasteiger partial charge in [0.2, 0.25) is 0 Å². The fourth-order valence-corrected chi connectivity index (χ4v) is 8.39. The first kappa shape index (κ1) is 19.4. The third-order valence-electron chi connectivity index (χ3n) is 8.88. The highest BCUT2D eigenvalue weighted by Crippen LogP contribution is 2.65. The lowest BCUT2D eigenvalue weighted by molar-refractivity contribution is -0.132. The van der Waals surface area contributed by atoms with Crippen molar-refractivity contribution in [2.75, 3.05) is 5.73 Å². The lowest BCUT2D eigenvalue weighted by Crippen LogP contribution is -2.51. The molecule has 3 saturated carbocycles. The summed E-state index contributed by atoms with van der Waals surface area (Å²) in [6.07, 6.45) is 7.82. The Hall–Kier alpha value is -1.55. The van der Waals surface area contributed by atoms with Crippen LogP contribution < -0.4 is 5.73 Å². The molecule has 0 radical (unpaired) electrons. The number of hydrogen-bond acceptors (Lipinski definition) is 4. The number of nitrogen functional groups attached to an aromatic ring is 1. The molecule has 5 unspecified atom stereocenters. The predicted molar refractivity (Wildman–Crippen MR) is 117 cm³/mol. The normalized spacial score (nSPS) is 39.2. The summed E-state index contributed by atoms with van der Waals surface area (Å²) in [5.74, 6) is 2.63. The van der Waals surface area contributed by atoms with Crippen molar-refractivity contribution in [2.45, 2.75) is 70.1 Å². The number of Topliss-reactive ketones (excluding diaryl/α,β-unsaturated/α-hetero) is 2. The Kier molecular flexibility index (Phi) is 4.51. The van der Waals surface area contributed by atoms with Crippen LogP contribution in [0, 0.1) is 28.6 Å². The van der Waals surface area contributed by atoms with Crippen molar-refractivity contribution in [2.24, 2.45) is 28.6 Å². The van der Waals surface area contributed by atoms with Gasteiger partial charge in [0.25, 0.3) is 0 Å². The first-order valence-corrected chi connectivity index (χ1v) is 12.0. The lowest BCUT2D eigenvalue weighted by Gasteiger charge is -2.57. The van der Waals surface area contributed by atoms with Gasteiger partial charge in [0, 0.05) is 28.8 Å². The summed E-state index contributed by atoms with van der Waals surface area (Å²) >= 11 is 1.64. The molecule has 0 heterocycles. The van der Waals surface area contributed by atoms with Crippen LogP contribution in [0.25, 0.3) is 0 Å². The van der Waals surface area contributed by atoms with Crippen molar-refractivity contribution in [3.05, 3.63) is 34.7 Å². The Morgan fingerprint density at radius 2 is 1.62 bits per heavy atom. The number of anilines is 1. The van der Waals surface area contributed by atoms with Crippen molar-refractivity contribution in [3.8, 4) is 0 Å². The Morgan fingerprint density at radius 3 is 2.38 bits per heavy atom. The molecule has 1 aromatic rings. The molecule has 5 atom stereocenters. The minimum atomic E-state index is -0.0786. The van der Waals surface area contributed by atoms with Gasteiger partial charge in [0.1, 0.15) is 5.78 Å². The summed E-state index contributed by atoms with van der Waals surface area (Å²) in [7, 11) is 0. The zero-order chi connectivity index (χ0) is 20.4. The van der Waals surface area contributed by atoms with Crippen LogP contribution in [0.4, 0.5) is 5.69 Å². The summed E-state index contributed by atoms with van der Waals surface area (Å²) in [4.78, 5) is 27.7. The van der Waals surface area contributed by atoms with E-state index in [0.29, 0.717) is 35.7 Å². The Bertz CT molecular complexity index is 904. The van der Waals surface area contributed by atoms with Gasteiger partial charge in [-0.2, -0.15) is 0 Å². The van der Waals surface area contributed by atoms with E-state index in [1.54, 1.807) is 11.8 Å². The Balaban J connectivity index is 1.50. The van der Waals surface area contributed by atoms with Crippen molar-refractivity contribution < 1.29 is 9.59 Å². The van der Waals surface area contributed by atoms with E-state index >= 15 is 0 Å².